The average molecular weight is 555 g/mol. The van der Waals surface area contributed by atoms with E-state index in [9.17, 15) is 19.5 Å². The Morgan fingerprint density at radius 3 is 2.95 bits per heavy atom. The van der Waals surface area contributed by atoms with Gasteiger partial charge in [-0.3, -0.25) is 14.5 Å². The first-order valence-electron chi connectivity index (χ1n) is 11.2. The Morgan fingerprint density at radius 1 is 1.45 bits per heavy atom. The number of nitriles is 1. The second-order valence-electron chi connectivity index (χ2n) is 8.15. The van der Waals surface area contributed by atoms with Crippen LogP contribution in [0.1, 0.15) is 18.3 Å². The van der Waals surface area contributed by atoms with Gasteiger partial charge in [-0.15, -0.1) is 11.8 Å². The maximum Gasteiger partial charge on any atom is 0.352 e. The van der Waals surface area contributed by atoms with Gasteiger partial charge in [-0.1, -0.05) is 5.16 Å². The Morgan fingerprint density at radius 2 is 2.26 bits per heavy atom. The minimum absolute atomic E-state index is 0.0366. The predicted octanol–water partition coefficient (Wildman–Crippen LogP) is -0.288. The second kappa shape index (κ2) is 10.1. The number of rotatable bonds is 8. The number of amides is 2. The molecule has 2 atom stereocenters. The number of anilines is 1. The number of carboxylic acid groups (broad SMARTS) is 1. The molecule has 194 valence electrons. The van der Waals surface area contributed by atoms with Gasteiger partial charge in [-0.05, 0) is 13.0 Å². The number of imidazole rings is 1. The lowest BCUT2D eigenvalue weighted by Crippen LogP contribution is -2.71. The van der Waals surface area contributed by atoms with Gasteiger partial charge in [0, 0.05) is 28.9 Å². The summed E-state index contributed by atoms with van der Waals surface area (Å²) in [7, 11) is 0. The van der Waals surface area contributed by atoms with E-state index < -0.39 is 29.2 Å². The van der Waals surface area contributed by atoms with Crippen LogP contribution < -0.4 is 15.6 Å². The van der Waals surface area contributed by atoms with Crippen molar-refractivity contribution in [3.05, 3.63) is 53.4 Å². The van der Waals surface area contributed by atoms with Crippen LogP contribution in [0.3, 0.4) is 0 Å². The lowest BCUT2D eigenvalue weighted by atomic mass is 10.0. The zero-order valence-corrected chi connectivity index (χ0v) is 21.4. The fraction of sp³-hybridized carbons (Fsp3) is 0.273. The van der Waals surface area contributed by atoms with Gasteiger partial charge in [0.2, 0.25) is 11.5 Å². The summed E-state index contributed by atoms with van der Waals surface area (Å²) in [5.74, 6) is -2.25. The first kappa shape index (κ1) is 25.2. The number of fused-ring (bicyclic) bond motifs is 2. The number of carbonyl (C=O) groups is 3. The zero-order chi connectivity index (χ0) is 27.0. The van der Waals surface area contributed by atoms with Crippen LogP contribution >= 0.6 is 23.3 Å². The molecule has 3 aromatic rings. The van der Waals surface area contributed by atoms with Crippen LogP contribution in [0.25, 0.3) is 5.65 Å². The third-order valence-electron chi connectivity index (χ3n) is 5.84. The van der Waals surface area contributed by atoms with Gasteiger partial charge >= 0.3 is 5.97 Å². The number of hydrogen-bond acceptors (Lipinski definition) is 11. The van der Waals surface area contributed by atoms with Crippen LogP contribution in [0.5, 0.6) is 0 Å². The smallest absolute Gasteiger partial charge is 0.352 e. The van der Waals surface area contributed by atoms with E-state index in [2.05, 4.69) is 25.9 Å². The predicted molar refractivity (Wildman–Crippen MR) is 134 cm³/mol. The number of aromatic nitrogens is 4. The molecule has 0 spiro atoms. The summed E-state index contributed by atoms with van der Waals surface area (Å²) in [6.45, 7) is 2.10. The van der Waals surface area contributed by atoms with Crippen LogP contribution in [0, 0.1) is 11.3 Å². The molecule has 1 saturated heterocycles. The molecule has 2 aliphatic heterocycles. The molecular formula is C22H20N9O5S2+. The van der Waals surface area contributed by atoms with Crippen molar-refractivity contribution in [1.82, 2.24) is 24.0 Å². The summed E-state index contributed by atoms with van der Waals surface area (Å²) in [6.07, 6.45) is 5.22. The van der Waals surface area contributed by atoms with E-state index >= 15 is 0 Å². The summed E-state index contributed by atoms with van der Waals surface area (Å²) in [6, 6.07) is 4.55. The number of β-lactam (4-membered cyclic amide) rings is 1. The van der Waals surface area contributed by atoms with Crippen LogP contribution in [0.15, 0.2) is 47.1 Å². The number of nitrogen functional groups attached to an aromatic ring is 1. The highest BCUT2D eigenvalue weighted by atomic mass is 32.2. The van der Waals surface area contributed by atoms with Crippen molar-refractivity contribution in [2.75, 3.05) is 18.1 Å². The van der Waals surface area contributed by atoms with E-state index in [-0.39, 0.29) is 35.5 Å². The molecule has 0 saturated carbocycles. The van der Waals surface area contributed by atoms with Gasteiger partial charge in [0.25, 0.3) is 17.5 Å². The topological polar surface area (TPSA) is 192 Å². The molecule has 0 unspecified atom stereocenters. The van der Waals surface area contributed by atoms with Crippen LogP contribution in [-0.2, 0) is 25.8 Å². The molecule has 0 aliphatic carbocycles. The molecule has 4 N–H and O–H groups in total. The van der Waals surface area contributed by atoms with Crippen molar-refractivity contribution in [1.29, 1.82) is 5.26 Å². The van der Waals surface area contributed by atoms with Gasteiger partial charge < -0.3 is 21.0 Å². The van der Waals surface area contributed by atoms with Gasteiger partial charge in [0.1, 0.15) is 54.9 Å². The maximum atomic E-state index is 13.1. The summed E-state index contributed by atoms with van der Waals surface area (Å²) in [5, 5.41) is 25.0. The number of thioether (sulfide) groups is 1. The third kappa shape index (κ3) is 4.41. The maximum absolute atomic E-state index is 13.1. The van der Waals surface area contributed by atoms with Crippen LogP contribution in [0.2, 0.25) is 0 Å². The largest absolute Gasteiger partial charge is 0.477 e. The van der Waals surface area contributed by atoms with Gasteiger partial charge in [0.05, 0.1) is 5.56 Å². The van der Waals surface area contributed by atoms with E-state index in [1.807, 2.05) is 4.57 Å². The highest BCUT2D eigenvalue weighted by molar-refractivity contribution is 8.00. The molecule has 1 fully saturated rings. The monoisotopic (exact) mass is 554 g/mol. The number of aliphatic carboxylic acids is 1. The Kier molecular flexibility index (Phi) is 6.70. The highest BCUT2D eigenvalue weighted by Gasteiger charge is 2.54. The molecule has 14 nitrogen and oxygen atoms in total. The quantitative estimate of drug-likeness (QED) is 0.144. The number of nitrogens with two attached hydrogens (primary N) is 1. The van der Waals surface area contributed by atoms with E-state index in [0.717, 1.165) is 17.2 Å². The van der Waals surface area contributed by atoms with Crippen LogP contribution in [0.4, 0.5) is 5.13 Å². The molecule has 3 aromatic heterocycles. The summed E-state index contributed by atoms with van der Waals surface area (Å²) in [5.41, 5.74) is 7.06. The molecule has 5 rings (SSSR count). The average Bonchev–Trinajstić information content (AvgIpc) is 3.52. The Balaban J connectivity index is 1.37. The first-order chi connectivity index (χ1) is 18.3. The summed E-state index contributed by atoms with van der Waals surface area (Å²) < 4.78 is 7.59. The summed E-state index contributed by atoms with van der Waals surface area (Å²) in [4.78, 5) is 48.5. The number of hydrogen-bond donors (Lipinski definition) is 3. The highest BCUT2D eigenvalue weighted by Crippen LogP contribution is 2.40. The molecule has 16 heteroatoms. The standard InChI is InChI=1S/C22H19N9O5S2/c1-2-36-27-14(17-26-22(24)38-28-17)18(32)25-15-19(33)31-16(21(34)35)12(10-37-20(15)31)9-30-6-5-29-8-11(7-23)3-4-13(29)30/h3-6,8,15,20H,2,9-10H2,1H3,(H3-,24,25,26,28,32,34,35)/p+1/t15-,20+/m1/s1. The number of carboxylic acids is 1. The number of oxime groups is 1. The minimum Gasteiger partial charge on any atom is -0.477 e. The normalized spacial score (nSPS) is 19.1. The molecular weight excluding hydrogens is 534 g/mol. The van der Waals surface area contributed by atoms with Crippen molar-refractivity contribution in [3.8, 4) is 6.07 Å². The third-order valence-corrected chi connectivity index (χ3v) is 7.72. The minimum atomic E-state index is -1.24. The molecule has 2 amide bonds. The summed E-state index contributed by atoms with van der Waals surface area (Å²) >= 11 is 2.22. The lowest BCUT2D eigenvalue weighted by molar-refractivity contribution is -0.662. The van der Waals surface area contributed by atoms with Crippen molar-refractivity contribution in [3.63, 3.8) is 0 Å². The van der Waals surface area contributed by atoms with Crippen molar-refractivity contribution in [2.45, 2.75) is 24.9 Å². The first-order valence-corrected chi connectivity index (χ1v) is 13.0. The molecule has 38 heavy (non-hydrogen) atoms. The number of pyridine rings is 1. The lowest BCUT2D eigenvalue weighted by Gasteiger charge is -2.49. The molecule has 0 bridgehead atoms. The van der Waals surface area contributed by atoms with Crippen molar-refractivity contribution >= 4 is 57.6 Å². The van der Waals surface area contributed by atoms with Gasteiger partial charge in [0.15, 0.2) is 5.13 Å². The Hall–Kier alpha value is -4.49. The fourth-order valence-electron chi connectivity index (χ4n) is 4.17. The van der Waals surface area contributed by atoms with Crippen molar-refractivity contribution < 1.29 is 28.9 Å². The Labute approximate surface area is 223 Å². The van der Waals surface area contributed by atoms with Crippen molar-refractivity contribution in [2.24, 2.45) is 5.16 Å². The Bertz CT molecular complexity index is 1570. The van der Waals surface area contributed by atoms with E-state index in [1.54, 1.807) is 42.0 Å². The molecule has 2 aliphatic rings. The number of nitrogens with zero attached hydrogens (tertiary/aromatic N) is 7. The van der Waals surface area contributed by atoms with Gasteiger partial charge in [-0.2, -0.15) is 14.6 Å². The van der Waals surface area contributed by atoms with E-state index in [1.165, 1.54) is 16.7 Å². The number of carbonyl (C=O) groups excluding carboxylic acids is 2. The SMILES string of the molecule is CCON=C(C(=O)N[C@@H]1C(=O)N2C(C(=O)O)=C(C[n+]3ccn4cc(C#N)ccc43)CS[C@@H]12)c1nsc(N)n1. The molecule has 0 radical (unpaired) electrons. The molecule has 0 aromatic carbocycles. The zero-order valence-electron chi connectivity index (χ0n) is 19.8. The second-order valence-corrected chi connectivity index (χ2v) is 10.0. The fourth-order valence-corrected chi connectivity index (χ4v) is 5.94. The molecule has 5 heterocycles. The van der Waals surface area contributed by atoms with Crippen LogP contribution in [-0.4, -0.2) is 71.0 Å². The van der Waals surface area contributed by atoms with E-state index in [0.29, 0.717) is 16.9 Å². The number of nitrogens with one attached hydrogen (secondary N) is 1. The van der Waals surface area contributed by atoms with E-state index in [4.69, 9.17) is 15.8 Å². The van der Waals surface area contributed by atoms with Gasteiger partial charge in [-0.25, -0.2) is 13.8 Å².